The zero-order chi connectivity index (χ0) is 10.4. The van der Waals surface area contributed by atoms with Gasteiger partial charge in [-0.25, -0.2) is 0 Å². The van der Waals surface area contributed by atoms with E-state index in [1.54, 1.807) is 6.07 Å². The fourth-order valence-corrected chi connectivity index (χ4v) is 2.18. The number of aryl methyl sites for hydroxylation is 1. The molecular weight excluding hydrogens is 240 g/mol. The fraction of sp³-hybridized carbons (Fsp3) is 0.500. The minimum atomic E-state index is 0.365. The van der Waals surface area contributed by atoms with Crippen LogP contribution in [0.5, 0.6) is 5.75 Å². The van der Waals surface area contributed by atoms with E-state index in [0.717, 1.165) is 12.8 Å². The number of rotatable bonds is 5. The molecule has 0 radical (unpaired) electrons. The first-order chi connectivity index (χ1) is 6.72. The Balaban J connectivity index is 2.37. The Kier molecular flexibility index (Phi) is 5.02. The van der Waals surface area contributed by atoms with Crippen LogP contribution in [0.2, 0.25) is 0 Å². The molecule has 0 aliphatic carbocycles. The number of phenolic OH excluding ortho intramolecular Hbond substituents is 1. The molecule has 0 aromatic heterocycles. The maximum absolute atomic E-state index is 9.27. The number of halogens is 1. The molecule has 1 aromatic carbocycles. The third-order valence-electron chi connectivity index (χ3n) is 2.26. The molecule has 0 amide bonds. The van der Waals surface area contributed by atoms with Crippen LogP contribution in [0, 0.1) is 0 Å². The number of aromatic hydroxyl groups is 1. The Labute approximate surface area is 94.3 Å². The molecule has 14 heavy (non-hydrogen) atoms. The van der Waals surface area contributed by atoms with Gasteiger partial charge in [0, 0.05) is 4.83 Å². The lowest BCUT2D eigenvalue weighted by Gasteiger charge is -2.07. The zero-order valence-electron chi connectivity index (χ0n) is 8.54. The largest absolute Gasteiger partial charge is 0.508 e. The van der Waals surface area contributed by atoms with Gasteiger partial charge in [0.1, 0.15) is 5.75 Å². The summed E-state index contributed by atoms with van der Waals surface area (Å²) in [6.07, 6.45) is 4.61. The SMILES string of the molecule is CCCC(Br)CCc1cccc(O)c1. The van der Waals surface area contributed by atoms with Crippen LogP contribution in [0.3, 0.4) is 0 Å². The summed E-state index contributed by atoms with van der Waals surface area (Å²) in [6, 6.07) is 7.51. The van der Waals surface area contributed by atoms with Gasteiger partial charge in [0.2, 0.25) is 0 Å². The predicted molar refractivity (Wildman–Crippen MR) is 64.1 cm³/mol. The molecule has 1 nitrogen and oxygen atoms in total. The summed E-state index contributed by atoms with van der Waals surface area (Å²) in [5.74, 6) is 0.365. The molecule has 0 aliphatic heterocycles. The monoisotopic (exact) mass is 256 g/mol. The Morgan fingerprint density at radius 2 is 2.14 bits per heavy atom. The highest BCUT2D eigenvalue weighted by Crippen LogP contribution is 2.18. The molecule has 1 unspecified atom stereocenters. The summed E-state index contributed by atoms with van der Waals surface area (Å²) in [6.45, 7) is 2.20. The minimum absolute atomic E-state index is 0.365. The number of benzene rings is 1. The van der Waals surface area contributed by atoms with Crippen LogP contribution in [0.25, 0.3) is 0 Å². The van der Waals surface area contributed by atoms with Gasteiger partial charge in [-0.2, -0.15) is 0 Å². The van der Waals surface area contributed by atoms with E-state index in [-0.39, 0.29) is 0 Å². The summed E-state index contributed by atoms with van der Waals surface area (Å²) < 4.78 is 0. The van der Waals surface area contributed by atoms with Crippen LogP contribution in [0.1, 0.15) is 31.7 Å². The van der Waals surface area contributed by atoms with E-state index in [4.69, 9.17) is 0 Å². The quantitative estimate of drug-likeness (QED) is 0.793. The van der Waals surface area contributed by atoms with Crippen molar-refractivity contribution >= 4 is 15.9 Å². The van der Waals surface area contributed by atoms with Crippen LogP contribution in [-0.2, 0) is 6.42 Å². The lowest BCUT2D eigenvalue weighted by atomic mass is 10.1. The number of phenols is 1. The van der Waals surface area contributed by atoms with Gasteiger partial charge in [0.25, 0.3) is 0 Å². The van der Waals surface area contributed by atoms with Gasteiger partial charge >= 0.3 is 0 Å². The molecule has 0 fully saturated rings. The van der Waals surface area contributed by atoms with Crippen molar-refractivity contribution in [2.24, 2.45) is 0 Å². The van der Waals surface area contributed by atoms with Crippen molar-refractivity contribution in [3.63, 3.8) is 0 Å². The van der Waals surface area contributed by atoms with Gasteiger partial charge < -0.3 is 5.11 Å². The van der Waals surface area contributed by atoms with Gasteiger partial charge in [-0.05, 0) is 37.0 Å². The van der Waals surface area contributed by atoms with Crippen molar-refractivity contribution in [1.82, 2.24) is 0 Å². The van der Waals surface area contributed by atoms with Gasteiger partial charge in [-0.15, -0.1) is 0 Å². The van der Waals surface area contributed by atoms with Crippen molar-refractivity contribution in [3.05, 3.63) is 29.8 Å². The van der Waals surface area contributed by atoms with Crippen molar-refractivity contribution in [3.8, 4) is 5.75 Å². The molecule has 78 valence electrons. The van der Waals surface area contributed by atoms with Crippen LogP contribution in [0.4, 0.5) is 0 Å². The molecule has 0 spiro atoms. The topological polar surface area (TPSA) is 20.2 Å². The second kappa shape index (κ2) is 6.07. The average Bonchev–Trinajstić information content (AvgIpc) is 2.15. The predicted octanol–water partition coefficient (Wildman–Crippen LogP) is 3.89. The first kappa shape index (κ1) is 11.6. The standard InChI is InChI=1S/C12H17BrO/c1-2-4-11(13)8-7-10-5-3-6-12(14)9-10/h3,5-6,9,11,14H,2,4,7-8H2,1H3. The van der Waals surface area contributed by atoms with Crippen molar-refractivity contribution in [2.45, 2.75) is 37.4 Å². The molecular formula is C12H17BrO. The van der Waals surface area contributed by atoms with E-state index in [1.807, 2.05) is 12.1 Å². The Bertz CT molecular complexity index is 273. The third-order valence-corrected chi connectivity index (χ3v) is 3.17. The van der Waals surface area contributed by atoms with Crippen molar-refractivity contribution < 1.29 is 5.11 Å². The van der Waals surface area contributed by atoms with E-state index in [1.165, 1.54) is 18.4 Å². The van der Waals surface area contributed by atoms with E-state index >= 15 is 0 Å². The van der Waals surface area contributed by atoms with Crippen LogP contribution >= 0.6 is 15.9 Å². The maximum Gasteiger partial charge on any atom is 0.115 e. The second-order valence-electron chi connectivity index (χ2n) is 3.59. The van der Waals surface area contributed by atoms with Crippen LogP contribution in [0.15, 0.2) is 24.3 Å². The number of hydrogen-bond acceptors (Lipinski definition) is 1. The second-order valence-corrected chi connectivity index (χ2v) is 4.89. The molecule has 0 saturated heterocycles. The molecule has 0 heterocycles. The number of alkyl halides is 1. The third kappa shape index (κ3) is 4.14. The fourth-order valence-electron chi connectivity index (χ4n) is 1.49. The van der Waals surface area contributed by atoms with Gasteiger partial charge in [0.15, 0.2) is 0 Å². The van der Waals surface area contributed by atoms with Gasteiger partial charge in [0.05, 0.1) is 0 Å². The molecule has 1 atom stereocenters. The Hall–Kier alpha value is -0.500. The zero-order valence-corrected chi connectivity index (χ0v) is 10.1. The van der Waals surface area contributed by atoms with E-state index in [9.17, 15) is 5.11 Å². The molecule has 1 aromatic rings. The normalized spacial score (nSPS) is 12.7. The summed E-state index contributed by atoms with van der Waals surface area (Å²) in [7, 11) is 0. The summed E-state index contributed by atoms with van der Waals surface area (Å²) in [4.78, 5) is 0.606. The summed E-state index contributed by atoms with van der Waals surface area (Å²) >= 11 is 3.65. The molecule has 1 N–H and O–H groups in total. The van der Waals surface area contributed by atoms with E-state index in [0.29, 0.717) is 10.6 Å². The molecule has 1 rings (SSSR count). The lowest BCUT2D eigenvalue weighted by molar-refractivity contribution is 0.474. The molecule has 2 heteroatoms. The Morgan fingerprint density at radius 3 is 2.79 bits per heavy atom. The molecule has 0 bridgehead atoms. The highest BCUT2D eigenvalue weighted by molar-refractivity contribution is 9.09. The first-order valence-electron chi connectivity index (χ1n) is 5.14. The number of hydrogen-bond donors (Lipinski definition) is 1. The summed E-state index contributed by atoms with van der Waals surface area (Å²) in [5, 5.41) is 9.27. The van der Waals surface area contributed by atoms with Gasteiger partial charge in [-0.3, -0.25) is 0 Å². The van der Waals surface area contributed by atoms with Crippen molar-refractivity contribution in [2.75, 3.05) is 0 Å². The first-order valence-corrected chi connectivity index (χ1v) is 6.06. The van der Waals surface area contributed by atoms with Gasteiger partial charge in [-0.1, -0.05) is 41.4 Å². The highest BCUT2D eigenvalue weighted by Gasteiger charge is 2.03. The smallest absolute Gasteiger partial charge is 0.115 e. The van der Waals surface area contributed by atoms with Crippen LogP contribution < -0.4 is 0 Å². The van der Waals surface area contributed by atoms with E-state index in [2.05, 4.69) is 28.9 Å². The van der Waals surface area contributed by atoms with E-state index < -0.39 is 0 Å². The average molecular weight is 257 g/mol. The van der Waals surface area contributed by atoms with Crippen LogP contribution in [-0.4, -0.2) is 9.93 Å². The van der Waals surface area contributed by atoms with Crippen molar-refractivity contribution in [1.29, 1.82) is 0 Å². The minimum Gasteiger partial charge on any atom is -0.508 e. The summed E-state index contributed by atoms with van der Waals surface area (Å²) in [5.41, 5.74) is 1.21. The highest BCUT2D eigenvalue weighted by atomic mass is 79.9. The molecule has 0 saturated carbocycles. The maximum atomic E-state index is 9.27. The molecule has 0 aliphatic rings. The Morgan fingerprint density at radius 1 is 1.36 bits per heavy atom. The lowest BCUT2D eigenvalue weighted by Crippen LogP contribution is -1.99.